The lowest BCUT2D eigenvalue weighted by molar-refractivity contribution is -0.121. The second-order valence-corrected chi connectivity index (χ2v) is 9.85. The summed E-state index contributed by atoms with van der Waals surface area (Å²) >= 11 is 0. The molecule has 2 amide bonds. The number of halogens is 2. The van der Waals surface area contributed by atoms with E-state index in [-0.39, 0.29) is 29.0 Å². The van der Waals surface area contributed by atoms with Crippen LogP contribution in [0.15, 0.2) is 48.9 Å². The van der Waals surface area contributed by atoms with E-state index in [0.717, 1.165) is 18.5 Å². The van der Waals surface area contributed by atoms with Crippen LogP contribution in [0.1, 0.15) is 29.3 Å². The quantitative estimate of drug-likeness (QED) is 0.269. The van der Waals surface area contributed by atoms with Crippen molar-refractivity contribution in [2.75, 3.05) is 38.6 Å². The van der Waals surface area contributed by atoms with E-state index in [9.17, 15) is 18.4 Å². The molecule has 4 N–H and O–H groups in total. The van der Waals surface area contributed by atoms with Crippen LogP contribution < -0.4 is 21.1 Å². The number of imidazole rings is 1. The van der Waals surface area contributed by atoms with E-state index in [4.69, 9.17) is 10.5 Å². The van der Waals surface area contributed by atoms with Gasteiger partial charge in [0.1, 0.15) is 0 Å². The maximum absolute atomic E-state index is 14.8. The minimum absolute atomic E-state index is 0.0361. The summed E-state index contributed by atoms with van der Waals surface area (Å²) in [6.45, 7) is 4.48. The highest BCUT2D eigenvalue weighted by atomic mass is 19.2. The average molecular weight is 564 g/mol. The van der Waals surface area contributed by atoms with Crippen molar-refractivity contribution in [1.29, 1.82) is 0 Å². The normalized spacial score (nSPS) is 15.3. The number of amides is 2. The van der Waals surface area contributed by atoms with Crippen molar-refractivity contribution >= 4 is 29.0 Å². The lowest BCUT2D eigenvalue weighted by Crippen LogP contribution is -2.35. The number of fused-ring (bicyclic) bond motifs is 1. The van der Waals surface area contributed by atoms with Gasteiger partial charge in [-0.3, -0.25) is 14.0 Å². The molecule has 1 fully saturated rings. The number of aryl methyl sites for hydroxylation is 1. The van der Waals surface area contributed by atoms with Crippen LogP contribution in [0.2, 0.25) is 0 Å². The average Bonchev–Trinajstić information content (AvgIpc) is 3.63. The number of nitrogens with zero attached hydrogens (tertiary/aromatic N) is 4. The predicted molar refractivity (Wildman–Crippen MR) is 150 cm³/mol. The highest BCUT2D eigenvalue weighted by molar-refractivity contribution is 5.96. The summed E-state index contributed by atoms with van der Waals surface area (Å²) in [6, 6.07) is 8.21. The largest absolute Gasteiger partial charge is 0.494 e. The summed E-state index contributed by atoms with van der Waals surface area (Å²) in [4.78, 5) is 35.2. The Kier molecular flexibility index (Phi) is 8.11. The lowest BCUT2D eigenvalue weighted by Gasteiger charge is -2.16. The van der Waals surface area contributed by atoms with E-state index in [1.54, 1.807) is 22.7 Å². The molecule has 0 saturated carbocycles. The number of carbonyl (C=O) groups excluding carboxylic acids is 2. The Labute approximate surface area is 235 Å². The van der Waals surface area contributed by atoms with Crippen LogP contribution in [0, 0.1) is 17.6 Å². The molecule has 1 aliphatic heterocycles. The molecule has 3 heterocycles. The summed E-state index contributed by atoms with van der Waals surface area (Å²) in [5, 5.41) is 6.20. The molecule has 0 spiro atoms. The number of rotatable bonds is 10. The Hall–Kier alpha value is -4.58. The third-order valence-corrected chi connectivity index (χ3v) is 7.35. The van der Waals surface area contributed by atoms with Gasteiger partial charge in [0, 0.05) is 48.8 Å². The van der Waals surface area contributed by atoms with E-state index in [0.29, 0.717) is 54.5 Å². The van der Waals surface area contributed by atoms with Crippen molar-refractivity contribution in [2.24, 2.45) is 11.7 Å². The number of benzene rings is 2. The first-order valence-electron chi connectivity index (χ1n) is 13.3. The molecule has 1 atom stereocenters. The second-order valence-electron chi connectivity index (χ2n) is 9.85. The minimum Gasteiger partial charge on any atom is -0.494 e. The third-order valence-electron chi connectivity index (χ3n) is 7.35. The first-order valence-corrected chi connectivity index (χ1v) is 13.3. The molecule has 0 aliphatic carbocycles. The molecule has 10 nitrogen and oxygen atoms in total. The number of ether oxygens (including phenoxy) is 1. The van der Waals surface area contributed by atoms with Crippen LogP contribution in [0.25, 0.3) is 16.9 Å². The van der Waals surface area contributed by atoms with Gasteiger partial charge in [-0.05, 0) is 55.3 Å². The van der Waals surface area contributed by atoms with Crippen molar-refractivity contribution in [3.8, 4) is 17.0 Å². The standard InChI is InChI=1S/C29H31F2N7O3/c1-3-17-14-19(4-5-20(17)29(40)34-9-12-37-11-8-18(16-37)26(32)39)36-27-28-35-15-22(38(28)13-10-33-27)21-6-7-23(41-2)25(31)24(21)30/h4-7,10,13-15,18H,3,8-9,11-12,16H2,1-2H3,(H2,32,39)(H,33,36)(H,34,40). The second kappa shape index (κ2) is 11.9. The fourth-order valence-electron chi connectivity index (χ4n) is 5.11. The van der Waals surface area contributed by atoms with E-state index in [2.05, 4.69) is 25.5 Å². The number of hydrogen-bond donors (Lipinski definition) is 3. The Morgan fingerprint density at radius 1 is 1.17 bits per heavy atom. The lowest BCUT2D eigenvalue weighted by atomic mass is 10.0. The van der Waals surface area contributed by atoms with Crippen LogP contribution in [-0.4, -0.2) is 64.4 Å². The number of aromatic nitrogens is 3. The molecule has 0 bridgehead atoms. The van der Waals surface area contributed by atoms with Gasteiger partial charge in [-0.25, -0.2) is 14.4 Å². The van der Waals surface area contributed by atoms with Crippen molar-refractivity contribution in [2.45, 2.75) is 19.8 Å². The monoisotopic (exact) mass is 563 g/mol. The Bertz CT molecular complexity index is 1610. The smallest absolute Gasteiger partial charge is 0.251 e. The fraction of sp³-hybridized carbons (Fsp3) is 0.310. The van der Waals surface area contributed by atoms with Crippen LogP contribution in [-0.2, 0) is 11.2 Å². The molecule has 0 radical (unpaired) electrons. The van der Waals surface area contributed by atoms with Gasteiger partial charge in [-0.2, -0.15) is 4.39 Å². The minimum atomic E-state index is -1.07. The van der Waals surface area contributed by atoms with Crippen molar-refractivity contribution < 1.29 is 23.1 Å². The molecule has 12 heteroatoms. The zero-order valence-electron chi connectivity index (χ0n) is 22.8. The fourth-order valence-corrected chi connectivity index (χ4v) is 5.11. The summed E-state index contributed by atoms with van der Waals surface area (Å²) in [5.41, 5.74) is 8.31. The maximum atomic E-state index is 14.8. The number of nitrogens with two attached hydrogens (primary N) is 1. The molecule has 5 rings (SSSR count). The van der Waals surface area contributed by atoms with Gasteiger partial charge in [-0.15, -0.1) is 0 Å². The van der Waals surface area contributed by atoms with Gasteiger partial charge in [-0.1, -0.05) is 6.92 Å². The van der Waals surface area contributed by atoms with E-state index in [1.165, 1.54) is 31.6 Å². The zero-order chi connectivity index (χ0) is 29.1. The number of hydrogen-bond acceptors (Lipinski definition) is 7. The van der Waals surface area contributed by atoms with Crippen LogP contribution >= 0.6 is 0 Å². The molecular weight excluding hydrogens is 532 g/mol. The number of carbonyl (C=O) groups is 2. The highest BCUT2D eigenvalue weighted by Gasteiger charge is 2.26. The van der Waals surface area contributed by atoms with Crippen molar-refractivity contribution in [3.63, 3.8) is 0 Å². The Morgan fingerprint density at radius 2 is 2.00 bits per heavy atom. The van der Waals surface area contributed by atoms with E-state index in [1.807, 2.05) is 13.0 Å². The summed E-state index contributed by atoms with van der Waals surface area (Å²) in [6.07, 6.45) is 5.97. The van der Waals surface area contributed by atoms with Gasteiger partial charge in [0.15, 0.2) is 23.0 Å². The summed E-state index contributed by atoms with van der Waals surface area (Å²) in [7, 11) is 1.27. The zero-order valence-corrected chi connectivity index (χ0v) is 22.8. The van der Waals surface area contributed by atoms with Crippen LogP contribution in [0.3, 0.4) is 0 Å². The van der Waals surface area contributed by atoms with Gasteiger partial charge >= 0.3 is 0 Å². The highest BCUT2D eigenvalue weighted by Crippen LogP contribution is 2.31. The Balaban J connectivity index is 1.30. The maximum Gasteiger partial charge on any atom is 0.251 e. The molecule has 214 valence electrons. The van der Waals surface area contributed by atoms with Crippen molar-refractivity contribution in [1.82, 2.24) is 24.6 Å². The van der Waals surface area contributed by atoms with Crippen LogP contribution in [0.5, 0.6) is 5.75 Å². The summed E-state index contributed by atoms with van der Waals surface area (Å²) < 4.78 is 35.6. The number of anilines is 2. The van der Waals surface area contributed by atoms with Gasteiger partial charge in [0.25, 0.3) is 5.91 Å². The Morgan fingerprint density at radius 3 is 2.73 bits per heavy atom. The molecule has 1 aliphatic rings. The molecule has 41 heavy (non-hydrogen) atoms. The number of methoxy groups -OCH3 is 1. The van der Waals surface area contributed by atoms with Crippen LogP contribution in [0.4, 0.5) is 20.3 Å². The molecule has 1 saturated heterocycles. The van der Waals surface area contributed by atoms with Crippen molar-refractivity contribution in [3.05, 3.63) is 71.7 Å². The SMILES string of the molecule is CCc1cc(Nc2nccn3c(-c4ccc(OC)c(F)c4F)cnc23)ccc1C(=O)NCCN1CCC(C(N)=O)C1. The first kappa shape index (κ1) is 28.0. The molecule has 1 unspecified atom stereocenters. The van der Waals surface area contributed by atoms with Gasteiger partial charge in [0.05, 0.1) is 24.9 Å². The number of likely N-dealkylation sites (tertiary alicyclic amines) is 1. The molecule has 4 aromatic rings. The van der Waals surface area contributed by atoms with Gasteiger partial charge < -0.3 is 26.0 Å². The van der Waals surface area contributed by atoms with E-state index < -0.39 is 11.6 Å². The third kappa shape index (κ3) is 5.68. The number of primary amides is 1. The summed E-state index contributed by atoms with van der Waals surface area (Å²) in [5.74, 6) is -2.46. The predicted octanol–water partition coefficient (Wildman–Crippen LogP) is 3.53. The van der Waals surface area contributed by atoms with Gasteiger partial charge in [0.2, 0.25) is 11.7 Å². The number of nitrogens with one attached hydrogen (secondary N) is 2. The first-order chi connectivity index (χ1) is 19.8. The molecular formula is C29H31F2N7O3. The molecule has 2 aromatic carbocycles. The topological polar surface area (TPSA) is 127 Å². The molecule has 2 aromatic heterocycles. The van der Waals surface area contributed by atoms with E-state index >= 15 is 0 Å².